The molecule has 0 aromatic heterocycles. The predicted molar refractivity (Wildman–Crippen MR) is 69.9 cm³/mol. The third kappa shape index (κ3) is 2.46. The van der Waals surface area contributed by atoms with E-state index in [4.69, 9.17) is 9.47 Å². The molecule has 0 saturated carbocycles. The summed E-state index contributed by atoms with van der Waals surface area (Å²) < 4.78 is 10.6. The molecule has 2 aliphatic heterocycles. The van der Waals surface area contributed by atoms with E-state index in [1.54, 1.807) is 0 Å². The second kappa shape index (κ2) is 5.50. The fourth-order valence-electron chi connectivity index (χ4n) is 2.50. The van der Waals surface area contributed by atoms with E-state index in [0.717, 1.165) is 5.56 Å². The van der Waals surface area contributed by atoms with Crippen molar-refractivity contribution in [1.29, 1.82) is 0 Å². The SMILES string of the molecule is O=C1NCC2COCC1N2C(=O)OCc1ccccc1. The van der Waals surface area contributed by atoms with Crippen molar-refractivity contribution in [3.63, 3.8) is 0 Å². The molecule has 0 radical (unpaired) electrons. The Morgan fingerprint density at radius 1 is 1.35 bits per heavy atom. The van der Waals surface area contributed by atoms with E-state index in [1.807, 2.05) is 30.3 Å². The van der Waals surface area contributed by atoms with Crippen molar-refractivity contribution in [2.75, 3.05) is 19.8 Å². The van der Waals surface area contributed by atoms with Gasteiger partial charge in [-0.05, 0) is 5.56 Å². The Morgan fingerprint density at radius 3 is 2.95 bits per heavy atom. The van der Waals surface area contributed by atoms with Crippen LogP contribution in [-0.2, 0) is 20.9 Å². The van der Waals surface area contributed by atoms with Gasteiger partial charge in [-0.15, -0.1) is 0 Å². The molecule has 1 aromatic carbocycles. The van der Waals surface area contributed by atoms with Crippen LogP contribution in [0.15, 0.2) is 30.3 Å². The maximum Gasteiger partial charge on any atom is 0.411 e. The maximum absolute atomic E-state index is 12.2. The van der Waals surface area contributed by atoms with Crippen LogP contribution >= 0.6 is 0 Å². The molecular weight excluding hydrogens is 260 g/mol. The van der Waals surface area contributed by atoms with Crippen molar-refractivity contribution >= 4 is 12.0 Å². The minimum Gasteiger partial charge on any atom is -0.445 e. The van der Waals surface area contributed by atoms with Crippen molar-refractivity contribution in [3.05, 3.63) is 35.9 Å². The van der Waals surface area contributed by atoms with E-state index < -0.39 is 12.1 Å². The van der Waals surface area contributed by atoms with Gasteiger partial charge in [0.2, 0.25) is 5.91 Å². The molecule has 2 unspecified atom stereocenters. The molecule has 2 saturated heterocycles. The molecule has 1 N–H and O–H groups in total. The lowest BCUT2D eigenvalue weighted by molar-refractivity contribution is -0.141. The molecule has 2 fully saturated rings. The molecule has 106 valence electrons. The van der Waals surface area contributed by atoms with Gasteiger partial charge in [0.1, 0.15) is 12.6 Å². The highest BCUT2D eigenvalue weighted by atomic mass is 16.6. The number of nitrogens with zero attached hydrogens (tertiary/aromatic N) is 1. The molecule has 0 spiro atoms. The van der Waals surface area contributed by atoms with E-state index in [9.17, 15) is 9.59 Å². The highest BCUT2D eigenvalue weighted by Gasteiger charge is 2.43. The summed E-state index contributed by atoms with van der Waals surface area (Å²) in [7, 11) is 0. The Labute approximate surface area is 116 Å². The van der Waals surface area contributed by atoms with Crippen LogP contribution in [-0.4, -0.2) is 48.7 Å². The molecule has 2 bridgehead atoms. The van der Waals surface area contributed by atoms with E-state index in [0.29, 0.717) is 13.2 Å². The lowest BCUT2D eigenvalue weighted by atomic mass is 10.1. The summed E-state index contributed by atoms with van der Waals surface area (Å²) in [6.07, 6.45) is -0.456. The van der Waals surface area contributed by atoms with Crippen LogP contribution in [0.25, 0.3) is 0 Å². The van der Waals surface area contributed by atoms with Gasteiger partial charge in [-0.3, -0.25) is 9.69 Å². The Bertz CT molecular complexity index is 505. The highest BCUT2D eigenvalue weighted by molar-refractivity contribution is 5.87. The Kier molecular flexibility index (Phi) is 3.56. The average molecular weight is 276 g/mol. The Balaban J connectivity index is 1.65. The number of hydrogen-bond acceptors (Lipinski definition) is 4. The maximum atomic E-state index is 12.2. The number of benzene rings is 1. The smallest absolute Gasteiger partial charge is 0.411 e. The predicted octanol–water partition coefficient (Wildman–Crippen LogP) is 0.522. The average Bonchev–Trinajstić information content (AvgIpc) is 2.49. The second-order valence-corrected chi connectivity index (χ2v) is 4.90. The number of nitrogens with one attached hydrogen (secondary N) is 1. The van der Waals surface area contributed by atoms with Gasteiger partial charge in [0.05, 0.1) is 19.3 Å². The molecule has 0 aliphatic carbocycles. The van der Waals surface area contributed by atoms with E-state index >= 15 is 0 Å². The number of rotatable bonds is 2. The first-order valence-corrected chi connectivity index (χ1v) is 6.60. The summed E-state index contributed by atoms with van der Waals surface area (Å²) in [5, 5.41) is 2.77. The quantitative estimate of drug-likeness (QED) is 0.855. The zero-order valence-electron chi connectivity index (χ0n) is 11.0. The van der Waals surface area contributed by atoms with Crippen LogP contribution in [0.5, 0.6) is 0 Å². The third-order valence-corrected chi connectivity index (χ3v) is 3.55. The molecule has 2 atom stereocenters. The second-order valence-electron chi connectivity index (χ2n) is 4.90. The summed E-state index contributed by atoms with van der Waals surface area (Å²) in [4.78, 5) is 25.5. The number of carbonyl (C=O) groups excluding carboxylic acids is 2. The van der Waals surface area contributed by atoms with Crippen LogP contribution in [0.2, 0.25) is 0 Å². The molecule has 2 amide bonds. The summed E-state index contributed by atoms with van der Waals surface area (Å²) in [5.41, 5.74) is 0.920. The monoisotopic (exact) mass is 276 g/mol. The van der Waals surface area contributed by atoms with Crippen molar-refractivity contribution in [2.45, 2.75) is 18.7 Å². The lowest BCUT2D eigenvalue weighted by Crippen LogP contribution is -2.67. The summed E-state index contributed by atoms with van der Waals surface area (Å²) in [6, 6.07) is 8.74. The van der Waals surface area contributed by atoms with Crippen LogP contribution in [0.4, 0.5) is 4.79 Å². The van der Waals surface area contributed by atoms with Crippen LogP contribution in [0.3, 0.4) is 0 Å². The summed E-state index contributed by atoms with van der Waals surface area (Å²) >= 11 is 0. The molecular formula is C14H16N2O4. The van der Waals surface area contributed by atoms with Crippen LogP contribution in [0.1, 0.15) is 5.56 Å². The fraction of sp³-hybridized carbons (Fsp3) is 0.429. The van der Waals surface area contributed by atoms with Gasteiger partial charge >= 0.3 is 6.09 Å². The lowest BCUT2D eigenvalue weighted by Gasteiger charge is -2.43. The topological polar surface area (TPSA) is 67.9 Å². The number of fused-ring (bicyclic) bond motifs is 2. The van der Waals surface area contributed by atoms with Gasteiger partial charge in [0.25, 0.3) is 0 Å². The van der Waals surface area contributed by atoms with Gasteiger partial charge < -0.3 is 14.8 Å². The molecule has 6 nitrogen and oxygen atoms in total. The minimum absolute atomic E-state index is 0.144. The number of piperazine rings is 1. The molecule has 20 heavy (non-hydrogen) atoms. The van der Waals surface area contributed by atoms with E-state index in [-0.39, 0.29) is 25.2 Å². The molecule has 1 aromatic rings. The molecule has 3 rings (SSSR count). The molecule has 2 heterocycles. The number of morpholine rings is 1. The number of carbonyl (C=O) groups is 2. The van der Waals surface area contributed by atoms with Gasteiger partial charge in [0, 0.05) is 6.54 Å². The fourth-order valence-corrected chi connectivity index (χ4v) is 2.50. The molecule has 6 heteroatoms. The van der Waals surface area contributed by atoms with Crippen LogP contribution in [0, 0.1) is 0 Å². The Hall–Kier alpha value is -2.08. The normalized spacial score (nSPS) is 25.0. The first-order chi connectivity index (χ1) is 9.75. The van der Waals surface area contributed by atoms with Crippen molar-refractivity contribution in [2.24, 2.45) is 0 Å². The zero-order valence-corrected chi connectivity index (χ0v) is 11.0. The Morgan fingerprint density at radius 2 is 2.15 bits per heavy atom. The number of ether oxygens (including phenoxy) is 2. The van der Waals surface area contributed by atoms with Crippen molar-refractivity contribution in [1.82, 2.24) is 10.2 Å². The third-order valence-electron chi connectivity index (χ3n) is 3.55. The minimum atomic E-state index is -0.578. The molecule has 2 aliphatic rings. The van der Waals surface area contributed by atoms with Gasteiger partial charge in [0.15, 0.2) is 0 Å². The van der Waals surface area contributed by atoms with Crippen LogP contribution < -0.4 is 5.32 Å². The standard InChI is InChI=1S/C14H16N2O4/c17-13-12-9-19-8-11(6-15-13)16(12)14(18)20-7-10-4-2-1-3-5-10/h1-5,11-12H,6-9H2,(H,15,17). The number of hydrogen-bond donors (Lipinski definition) is 1. The van der Waals surface area contributed by atoms with Gasteiger partial charge in [-0.2, -0.15) is 0 Å². The summed E-state index contributed by atoms with van der Waals surface area (Å²) in [6.45, 7) is 1.27. The largest absolute Gasteiger partial charge is 0.445 e. The van der Waals surface area contributed by atoms with Gasteiger partial charge in [-0.25, -0.2) is 4.79 Å². The van der Waals surface area contributed by atoms with Crippen molar-refractivity contribution in [3.8, 4) is 0 Å². The number of amides is 2. The first kappa shape index (κ1) is 12.9. The van der Waals surface area contributed by atoms with E-state index in [1.165, 1.54) is 4.90 Å². The van der Waals surface area contributed by atoms with Gasteiger partial charge in [-0.1, -0.05) is 30.3 Å². The zero-order chi connectivity index (χ0) is 13.9. The van der Waals surface area contributed by atoms with Crippen molar-refractivity contribution < 1.29 is 19.1 Å². The highest BCUT2D eigenvalue weighted by Crippen LogP contribution is 2.19. The first-order valence-electron chi connectivity index (χ1n) is 6.60. The summed E-state index contributed by atoms with van der Waals surface area (Å²) in [5.74, 6) is -0.183. The van der Waals surface area contributed by atoms with E-state index in [2.05, 4.69) is 5.32 Å².